The lowest BCUT2D eigenvalue weighted by atomic mass is 10.2. The third kappa shape index (κ3) is 2.33. The minimum atomic E-state index is 0.817. The van der Waals surface area contributed by atoms with Crippen LogP contribution >= 0.6 is 22.6 Å². The molecule has 3 rings (SSSR count). The van der Waals surface area contributed by atoms with Gasteiger partial charge in [-0.2, -0.15) is 0 Å². The third-order valence-electron chi connectivity index (χ3n) is 3.11. The maximum atomic E-state index is 5.27. The van der Waals surface area contributed by atoms with Crippen molar-refractivity contribution in [3.8, 4) is 22.9 Å². The topological polar surface area (TPSA) is 47.1 Å². The molecule has 102 valence electrons. The summed E-state index contributed by atoms with van der Waals surface area (Å²) in [6, 6.07) is 11.8. The molecular weight excluding hydrogens is 367 g/mol. The van der Waals surface area contributed by atoms with Gasteiger partial charge in [-0.1, -0.05) is 0 Å². The summed E-state index contributed by atoms with van der Waals surface area (Å²) in [7, 11) is 3.33. The second-order valence-corrected chi connectivity index (χ2v) is 5.48. The number of nitrogens with one attached hydrogen (secondary N) is 1. The van der Waals surface area contributed by atoms with Gasteiger partial charge in [-0.15, -0.1) is 0 Å². The lowest BCUT2D eigenvalue weighted by molar-refractivity contribution is 0.412. The first-order valence-corrected chi connectivity index (χ1v) is 7.17. The lowest BCUT2D eigenvalue weighted by Crippen LogP contribution is -1.88. The summed E-state index contributed by atoms with van der Waals surface area (Å²) < 4.78 is 11.5. The fraction of sp³-hybridized carbons (Fsp3) is 0.133. The molecule has 20 heavy (non-hydrogen) atoms. The number of benzene rings is 2. The van der Waals surface area contributed by atoms with E-state index in [0.717, 1.165) is 37.5 Å². The van der Waals surface area contributed by atoms with Gasteiger partial charge in [0.1, 0.15) is 17.3 Å². The second kappa shape index (κ2) is 5.32. The molecule has 0 bridgehead atoms. The van der Waals surface area contributed by atoms with Crippen LogP contribution in [0.2, 0.25) is 0 Å². The number of nitrogens with zero attached hydrogens (tertiary/aromatic N) is 1. The molecule has 0 saturated carbocycles. The summed E-state index contributed by atoms with van der Waals surface area (Å²) in [6.07, 6.45) is 0. The van der Waals surface area contributed by atoms with Crippen molar-refractivity contribution in [1.82, 2.24) is 9.97 Å². The predicted octanol–water partition coefficient (Wildman–Crippen LogP) is 3.85. The number of hydrogen-bond acceptors (Lipinski definition) is 3. The van der Waals surface area contributed by atoms with Gasteiger partial charge < -0.3 is 14.5 Å². The number of imidazole rings is 1. The summed E-state index contributed by atoms with van der Waals surface area (Å²) in [4.78, 5) is 7.92. The Balaban J connectivity index is 2.07. The Kier molecular flexibility index (Phi) is 3.52. The van der Waals surface area contributed by atoms with Crippen LogP contribution in [-0.2, 0) is 0 Å². The van der Waals surface area contributed by atoms with Crippen molar-refractivity contribution in [2.24, 2.45) is 0 Å². The Labute approximate surface area is 130 Å². The highest BCUT2D eigenvalue weighted by molar-refractivity contribution is 14.1. The molecule has 0 spiro atoms. The summed E-state index contributed by atoms with van der Waals surface area (Å²) >= 11 is 2.26. The fourth-order valence-electron chi connectivity index (χ4n) is 2.07. The molecule has 1 N–H and O–H groups in total. The van der Waals surface area contributed by atoms with E-state index in [1.807, 2.05) is 36.4 Å². The number of ether oxygens (including phenoxy) is 2. The maximum Gasteiger partial charge on any atom is 0.138 e. The first kappa shape index (κ1) is 13.2. The third-order valence-corrected chi connectivity index (χ3v) is 3.96. The standard InChI is InChI=1S/C15H13IN2O2/c1-19-10-4-5-12-13(8-10)18-15(17-12)9-3-6-14(20-2)11(16)7-9/h3-8H,1-2H3,(H,17,18). The normalized spacial score (nSPS) is 10.8. The van der Waals surface area contributed by atoms with E-state index < -0.39 is 0 Å². The minimum absolute atomic E-state index is 0.817. The van der Waals surface area contributed by atoms with Gasteiger partial charge in [0.15, 0.2) is 0 Å². The minimum Gasteiger partial charge on any atom is -0.497 e. The van der Waals surface area contributed by atoms with Gasteiger partial charge >= 0.3 is 0 Å². The van der Waals surface area contributed by atoms with Crippen molar-refractivity contribution in [3.05, 3.63) is 40.0 Å². The van der Waals surface area contributed by atoms with Crippen LogP contribution < -0.4 is 9.47 Å². The molecule has 0 fully saturated rings. The summed E-state index contributed by atoms with van der Waals surface area (Å²) in [5.41, 5.74) is 2.92. The van der Waals surface area contributed by atoms with Gasteiger partial charge in [0, 0.05) is 11.6 Å². The van der Waals surface area contributed by atoms with Gasteiger partial charge in [0.05, 0.1) is 28.8 Å². The summed E-state index contributed by atoms with van der Waals surface area (Å²) in [5, 5.41) is 0. The number of aromatic amines is 1. The zero-order chi connectivity index (χ0) is 14.1. The molecule has 0 aliphatic rings. The Hall–Kier alpha value is -1.76. The molecule has 0 aliphatic heterocycles. The van der Waals surface area contributed by atoms with Crippen LogP contribution in [0.15, 0.2) is 36.4 Å². The monoisotopic (exact) mass is 380 g/mol. The molecule has 0 saturated heterocycles. The number of hydrogen-bond donors (Lipinski definition) is 1. The smallest absolute Gasteiger partial charge is 0.138 e. The van der Waals surface area contributed by atoms with Crippen molar-refractivity contribution in [2.45, 2.75) is 0 Å². The number of methoxy groups -OCH3 is 2. The van der Waals surface area contributed by atoms with Crippen LogP contribution in [0, 0.1) is 3.57 Å². The second-order valence-electron chi connectivity index (χ2n) is 4.32. The Morgan fingerprint density at radius 2 is 1.90 bits per heavy atom. The highest BCUT2D eigenvalue weighted by Gasteiger charge is 2.08. The molecular formula is C15H13IN2O2. The Bertz CT molecular complexity index is 768. The molecule has 0 unspecified atom stereocenters. The highest BCUT2D eigenvalue weighted by atomic mass is 127. The van der Waals surface area contributed by atoms with Crippen LogP contribution in [0.4, 0.5) is 0 Å². The molecule has 1 aromatic heterocycles. The fourth-order valence-corrected chi connectivity index (χ4v) is 2.80. The average molecular weight is 380 g/mol. The van der Waals surface area contributed by atoms with E-state index in [1.54, 1.807) is 14.2 Å². The molecule has 3 aromatic rings. The van der Waals surface area contributed by atoms with Gasteiger partial charge in [0.2, 0.25) is 0 Å². The number of rotatable bonds is 3. The molecule has 0 aliphatic carbocycles. The SMILES string of the molecule is COc1ccc2nc(-c3ccc(OC)c(I)c3)[nH]c2c1. The van der Waals surface area contributed by atoms with E-state index in [1.165, 1.54) is 0 Å². The zero-order valence-electron chi connectivity index (χ0n) is 11.1. The van der Waals surface area contributed by atoms with Crippen LogP contribution in [-0.4, -0.2) is 24.2 Å². The molecule has 0 amide bonds. The number of fused-ring (bicyclic) bond motifs is 1. The van der Waals surface area contributed by atoms with E-state index in [4.69, 9.17) is 9.47 Å². The van der Waals surface area contributed by atoms with Gasteiger partial charge in [-0.05, 0) is 52.9 Å². The van der Waals surface area contributed by atoms with E-state index >= 15 is 0 Å². The van der Waals surface area contributed by atoms with Gasteiger partial charge in [0.25, 0.3) is 0 Å². The van der Waals surface area contributed by atoms with Crippen molar-refractivity contribution in [1.29, 1.82) is 0 Å². The average Bonchev–Trinajstić information content (AvgIpc) is 2.89. The largest absolute Gasteiger partial charge is 0.497 e. The van der Waals surface area contributed by atoms with Crippen LogP contribution in [0.5, 0.6) is 11.5 Å². The number of H-pyrrole nitrogens is 1. The lowest BCUT2D eigenvalue weighted by Gasteiger charge is -2.04. The van der Waals surface area contributed by atoms with Gasteiger partial charge in [-0.25, -0.2) is 4.98 Å². The Morgan fingerprint density at radius 1 is 1.05 bits per heavy atom. The molecule has 1 heterocycles. The van der Waals surface area contributed by atoms with Crippen molar-refractivity contribution >= 4 is 33.6 Å². The highest BCUT2D eigenvalue weighted by Crippen LogP contribution is 2.28. The first-order valence-electron chi connectivity index (χ1n) is 6.09. The zero-order valence-corrected chi connectivity index (χ0v) is 13.3. The van der Waals surface area contributed by atoms with Crippen molar-refractivity contribution in [2.75, 3.05) is 14.2 Å². The van der Waals surface area contributed by atoms with Crippen molar-refractivity contribution < 1.29 is 9.47 Å². The molecule has 0 radical (unpaired) electrons. The van der Waals surface area contributed by atoms with E-state index in [0.29, 0.717) is 0 Å². The van der Waals surface area contributed by atoms with E-state index in [2.05, 4.69) is 32.6 Å². The number of halogens is 1. The molecule has 2 aromatic carbocycles. The predicted molar refractivity (Wildman–Crippen MR) is 87.4 cm³/mol. The summed E-state index contributed by atoms with van der Waals surface area (Å²) in [6.45, 7) is 0. The van der Waals surface area contributed by atoms with Crippen LogP contribution in [0.25, 0.3) is 22.4 Å². The van der Waals surface area contributed by atoms with Crippen LogP contribution in [0.3, 0.4) is 0 Å². The van der Waals surface area contributed by atoms with Crippen LogP contribution in [0.1, 0.15) is 0 Å². The van der Waals surface area contributed by atoms with E-state index in [-0.39, 0.29) is 0 Å². The molecule has 5 heteroatoms. The maximum absolute atomic E-state index is 5.27. The van der Waals surface area contributed by atoms with Gasteiger partial charge in [-0.3, -0.25) is 0 Å². The first-order chi connectivity index (χ1) is 9.71. The quantitative estimate of drug-likeness (QED) is 0.703. The molecule has 4 nitrogen and oxygen atoms in total. The summed E-state index contributed by atoms with van der Waals surface area (Å²) in [5.74, 6) is 2.53. The Morgan fingerprint density at radius 3 is 2.60 bits per heavy atom. The van der Waals surface area contributed by atoms with E-state index in [9.17, 15) is 0 Å². The molecule has 0 atom stereocenters. The number of aromatic nitrogens is 2. The van der Waals surface area contributed by atoms with Crippen molar-refractivity contribution in [3.63, 3.8) is 0 Å².